The molecule has 84 valence electrons. The van der Waals surface area contributed by atoms with E-state index in [0.29, 0.717) is 6.42 Å². The van der Waals surface area contributed by atoms with Gasteiger partial charge in [0.2, 0.25) is 0 Å². The summed E-state index contributed by atoms with van der Waals surface area (Å²) < 4.78 is 0.869. The van der Waals surface area contributed by atoms with Crippen LogP contribution in [0.2, 0.25) is 0 Å². The molecule has 6 heteroatoms. The van der Waals surface area contributed by atoms with Gasteiger partial charge in [-0.15, -0.1) is 11.3 Å². The zero-order chi connectivity index (χ0) is 11.5. The number of hydrogen-bond acceptors (Lipinski definition) is 5. The fourth-order valence-electron chi connectivity index (χ4n) is 1.32. The van der Waals surface area contributed by atoms with Crippen LogP contribution in [0.25, 0.3) is 0 Å². The Labute approximate surface area is 106 Å². The molecule has 0 fully saturated rings. The summed E-state index contributed by atoms with van der Waals surface area (Å²) in [5.41, 5.74) is 1.02. The van der Waals surface area contributed by atoms with Gasteiger partial charge in [-0.2, -0.15) is 0 Å². The van der Waals surface area contributed by atoms with Crippen molar-refractivity contribution in [2.45, 2.75) is 13.3 Å². The third-order valence-electron chi connectivity index (χ3n) is 2.04. The second-order valence-corrected chi connectivity index (χ2v) is 5.18. The normalized spacial score (nSPS) is 10.4. The maximum Gasteiger partial charge on any atom is 0.143 e. The Morgan fingerprint density at radius 2 is 2.25 bits per heavy atom. The smallest absolute Gasteiger partial charge is 0.143 e. The molecule has 0 radical (unpaired) electrons. The lowest BCUT2D eigenvalue weighted by atomic mass is 10.3. The minimum Gasteiger partial charge on any atom is -0.372 e. The summed E-state index contributed by atoms with van der Waals surface area (Å²) in [7, 11) is 1.84. The number of nitrogens with zero attached hydrogens (tertiary/aromatic N) is 3. The van der Waals surface area contributed by atoms with E-state index in [-0.39, 0.29) is 0 Å². The predicted octanol–water partition coefficient (Wildman–Crippen LogP) is 2.64. The number of halogens is 1. The van der Waals surface area contributed by atoms with Crippen LogP contribution in [0.5, 0.6) is 0 Å². The second kappa shape index (κ2) is 4.88. The average Bonchev–Trinajstić information content (AvgIpc) is 2.67. The summed E-state index contributed by atoms with van der Waals surface area (Å²) in [6.45, 7) is 2.00. The van der Waals surface area contributed by atoms with E-state index in [9.17, 15) is 0 Å². The van der Waals surface area contributed by atoms with Gasteiger partial charge in [0.25, 0.3) is 0 Å². The van der Waals surface area contributed by atoms with Gasteiger partial charge >= 0.3 is 0 Å². The lowest BCUT2D eigenvalue weighted by molar-refractivity contribution is 0.937. The van der Waals surface area contributed by atoms with Crippen molar-refractivity contribution in [1.82, 2.24) is 15.0 Å². The number of aryl methyl sites for hydroxylation is 1. The van der Waals surface area contributed by atoms with Crippen molar-refractivity contribution in [3.05, 3.63) is 32.6 Å². The van der Waals surface area contributed by atoms with E-state index >= 15 is 0 Å². The quantitative estimate of drug-likeness (QED) is 0.946. The third kappa shape index (κ3) is 2.56. The first-order valence-corrected chi connectivity index (χ1v) is 6.46. The molecule has 0 aromatic carbocycles. The molecule has 2 rings (SSSR count). The largest absolute Gasteiger partial charge is 0.372 e. The summed E-state index contributed by atoms with van der Waals surface area (Å²) in [6.07, 6.45) is 2.43. The first kappa shape index (κ1) is 11.5. The van der Waals surface area contributed by atoms with Crippen molar-refractivity contribution in [3.63, 3.8) is 0 Å². The van der Waals surface area contributed by atoms with Gasteiger partial charge < -0.3 is 5.32 Å². The molecule has 0 bridgehead atoms. The molecule has 0 amide bonds. The van der Waals surface area contributed by atoms with Crippen LogP contribution in [-0.4, -0.2) is 22.0 Å². The first-order valence-electron chi connectivity index (χ1n) is 4.79. The van der Waals surface area contributed by atoms with Gasteiger partial charge in [-0.05, 0) is 22.9 Å². The topological polar surface area (TPSA) is 50.7 Å². The minimum absolute atomic E-state index is 0.673. The van der Waals surface area contributed by atoms with Crippen molar-refractivity contribution in [2.24, 2.45) is 0 Å². The molecule has 16 heavy (non-hydrogen) atoms. The summed E-state index contributed by atoms with van der Waals surface area (Å²) in [4.78, 5) is 13.0. The molecule has 0 saturated heterocycles. The highest BCUT2D eigenvalue weighted by atomic mass is 79.9. The van der Waals surface area contributed by atoms with Gasteiger partial charge in [-0.3, -0.25) is 0 Å². The van der Waals surface area contributed by atoms with E-state index in [1.807, 2.05) is 19.4 Å². The van der Waals surface area contributed by atoms with Crippen LogP contribution in [-0.2, 0) is 6.42 Å². The second-order valence-electron chi connectivity index (χ2n) is 3.27. The van der Waals surface area contributed by atoms with Crippen molar-refractivity contribution >= 4 is 33.1 Å². The van der Waals surface area contributed by atoms with Crippen LogP contribution >= 0.6 is 27.3 Å². The molecule has 2 aromatic rings. The SMILES string of the molecule is CNc1nc(Cc2csc(C)n2)ncc1Br. The van der Waals surface area contributed by atoms with Crippen LogP contribution in [0, 0.1) is 6.92 Å². The summed E-state index contributed by atoms with van der Waals surface area (Å²) in [5.74, 6) is 1.58. The van der Waals surface area contributed by atoms with Gasteiger partial charge in [-0.1, -0.05) is 0 Å². The highest BCUT2D eigenvalue weighted by molar-refractivity contribution is 9.10. The number of anilines is 1. The molecule has 0 aliphatic rings. The first-order chi connectivity index (χ1) is 7.69. The molecule has 0 spiro atoms. The van der Waals surface area contributed by atoms with Crippen LogP contribution < -0.4 is 5.32 Å². The zero-order valence-electron chi connectivity index (χ0n) is 8.99. The Morgan fingerprint density at radius 1 is 1.44 bits per heavy atom. The number of nitrogens with one attached hydrogen (secondary N) is 1. The molecular formula is C10H11BrN4S. The van der Waals surface area contributed by atoms with E-state index in [0.717, 1.165) is 26.8 Å². The van der Waals surface area contributed by atoms with Crippen LogP contribution in [0.1, 0.15) is 16.5 Å². The Hall–Kier alpha value is -1.01. The van der Waals surface area contributed by atoms with Crippen molar-refractivity contribution < 1.29 is 0 Å². The molecule has 0 aliphatic heterocycles. The van der Waals surface area contributed by atoms with Gasteiger partial charge in [0, 0.05) is 18.6 Å². The summed E-state index contributed by atoms with van der Waals surface area (Å²) in [6, 6.07) is 0. The van der Waals surface area contributed by atoms with Crippen molar-refractivity contribution in [1.29, 1.82) is 0 Å². The minimum atomic E-state index is 0.673. The van der Waals surface area contributed by atoms with Crippen LogP contribution in [0.4, 0.5) is 5.82 Å². The number of aromatic nitrogens is 3. The molecule has 2 aromatic heterocycles. The highest BCUT2D eigenvalue weighted by Crippen LogP contribution is 2.19. The molecule has 1 N–H and O–H groups in total. The Morgan fingerprint density at radius 3 is 2.88 bits per heavy atom. The van der Waals surface area contributed by atoms with E-state index in [1.54, 1.807) is 17.5 Å². The number of hydrogen-bond donors (Lipinski definition) is 1. The van der Waals surface area contributed by atoms with Crippen molar-refractivity contribution in [2.75, 3.05) is 12.4 Å². The molecule has 0 aliphatic carbocycles. The zero-order valence-corrected chi connectivity index (χ0v) is 11.4. The molecule has 4 nitrogen and oxygen atoms in total. The van der Waals surface area contributed by atoms with E-state index < -0.39 is 0 Å². The maximum atomic E-state index is 4.39. The van der Waals surface area contributed by atoms with Gasteiger partial charge in [0.05, 0.1) is 21.6 Å². The lowest BCUT2D eigenvalue weighted by Crippen LogP contribution is -2.01. The molecule has 0 unspecified atom stereocenters. The van der Waals surface area contributed by atoms with Gasteiger partial charge in [0.15, 0.2) is 0 Å². The van der Waals surface area contributed by atoms with E-state index in [2.05, 4.69) is 36.2 Å². The van der Waals surface area contributed by atoms with Crippen molar-refractivity contribution in [3.8, 4) is 0 Å². The summed E-state index contributed by atoms with van der Waals surface area (Å²) in [5, 5.41) is 6.12. The lowest BCUT2D eigenvalue weighted by Gasteiger charge is -2.03. The standard InChI is InChI=1S/C10H11BrN4S/c1-6-14-7(5-16-6)3-9-13-4-8(11)10(12-2)15-9/h4-5H,3H2,1-2H3,(H,12,13,15). The van der Waals surface area contributed by atoms with Crippen LogP contribution in [0.3, 0.4) is 0 Å². The third-order valence-corrected chi connectivity index (χ3v) is 3.44. The van der Waals surface area contributed by atoms with E-state index in [1.165, 1.54) is 0 Å². The van der Waals surface area contributed by atoms with Gasteiger partial charge in [0.1, 0.15) is 11.6 Å². The van der Waals surface area contributed by atoms with E-state index in [4.69, 9.17) is 0 Å². The Bertz CT molecular complexity index is 497. The molecule has 0 saturated carbocycles. The number of rotatable bonds is 3. The maximum absolute atomic E-state index is 4.39. The predicted molar refractivity (Wildman–Crippen MR) is 68.9 cm³/mol. The van der Waals surface area contributed by atoms with Gasteiger partial charge in [-0.25, -0.2) is 15.0 Å². The Balaban J connectivity index is 2.21. The molecular weight excluding hydrogens is 288 g/mol. The summed E-state index contributed by atoms with van der Waals surface area (Å²) >= 11 is 5.02. The monoisotopic (exact) mass is 298 g/mol. The molecule has 2 heterocycles. The average molecular weight is 299 g/mol. The number of thiazole rings is 1. The molecule has 0 atom stereocenters. The fourth-order valence-corrected chi connectivity index (χ4v) is 2.32. The fraction of sp³-hybridized carbons (Fsp3) is 0.300. The van der Waals surface area contributed by atoms with Crippen LogP contribution in [0.15, 0.2) is 16.0 Å². The highest BCUT2D eigenvalue weighted by Gasteiger charge is 2.06. The Kier molecular flexibility index (Phi) is 3.50.